The minimum absolute atomic E-state index is 0.197. The van der Waals surface area contributed by atoms with Crippen molar-refractivity contribution < 1.29 is 9.53 Å². The van der Waals surface area contributed by atoms with Gasteiger partial charge in [0.1, 0.15) is 5.75 Å². The molecule has 2 aromatic carbocycles. The van der Waals surface area contributed by atoms with Gasteiger partial charge < -0.3 is 15.8 Å². The molecule has 0 bridgehead atoms. The lowest BCUT2D eigenvalue weighted by Gasteiger charge is -2.11. The molecular formula is C15H14ClIN2O2. The summed E-state index contributed by atoms with van der Waals surface area (Å²) in [5.41, 5.74) is 7.71. The van der Waals surface area contributed by atoms with Gasteiger partial charge >= 0.3 is 0 Å². The van der Waals surface area contributed by atoms with Crippen LogP contribution in [-0.2, 0) is 6.54 Å². The lowest BCUT2D eigenvalue weighted by atomic mass is 10.1. The predicted octanol–water partition coefficient (Wildman–Crippen LogP) is 3.47. The maximum absolute atomic E-state index is 12.1. The molecule has 0 radical (unpaired) electrons. The first-order valence-electron chi connectivity index (χ1n) is 6.17. The number of hydrogen-bond acceptors (Lipinski definition) is 3. The summed E-state index contributed by atoms with van der Waals surface area (Å²) >= 11 is 8.13. The molecule has 21 heavy (non-hydrogen) atoms. The smallest absolute Gasteiger partial charge is 0.251 e. The van der Waals surface area contributed by atoms with Crippen molar-refractivity contribution in [2.75, 3.05) is 12.8 Å². The Morgan fingerprint density at radius 3 is 2.76 bits per heavy atom. The molecular weight excluding hydrogens is 403 g/mol. The zero-order valence-electron chi connectivity index (χ0n) is 11.3. The fraction of sp³-hybridized carbons (Fsp3) is 0.133. The normalized spacial score (nSPS) is 10.2. The fourth-order valence-electron chi connectivity index (χ4n) is 1.85. The van der Waals surface area contributed by atoms with Gasteiger partial charge in [0.05, 0.1) is 12.1 Å². The highest BCUT2D eigenvalue weighted by atomic mass is 127. The topological polar surface area (TPSA) is 64.3 Å². The molecule has 6 heteroatoms. The SMILES string of the molecule is COc1ccc(N)cc1CNC(=O)c1ccc(I)c(Cl)c1. The van der Waals surface area contributed by atoms with Crippen LogP contribution in [0.5, 0.6) is 5.75 Å². The first-order valence-corrected chi connectivity index (χ1v) is 7.62. The Labute approximate surface area is 141 Å². The van der Waals surface area contributed by atoms with Crippen LogP contribution in [0.2, 0.25) is 5.02 Å². The molecule has 110 valence electrons. The lowest BCUT2D eigenvalue weighted by Crippen LogP contribution is -2.23. The van der Waals surface area contributed by atoms with Crippen LogP contribution in [0.3, 0.4) is 0 Å². The average molecular weight is 417 g/mol. The van der Waals surface area contributed by atoms with E-state index in [4.69, 9.17) is 22.1 Å². The van der Waals surface area contributed by atoms with Crippen molar-refractivity contribution in [2.45, 2.75) is 6.54 Å². The number of halogens is 2. The molecule has 0 aliphatic heterocycles. The highest BCUT2D eigenvalue weighted by Crippen LogP contribution is 2.22. The number of rotatable bonds is 4. The highest BCUT2D eigenvalue weighted by Gasteiger charge is 2.09. The number of methoxy groups -OCH3 is 1. The van der Waals surface area contributed by atoms with Gasteiger partial charge in [-0.2, -0.15) is 0 Å². The van der Waals surface area contributed by atoms with Gasteiger partial charge in [-0.3, -0.25) is 4.79 Å². The zero-order valence-corrected chi connectivity index (χ0v) is 14.2. The summed E-state index contributed by atoms with van der Waals surface area (Å²) in [7, 11) is 1.58. The summed E-state index contributed by atoms with van der Waals surface area (Å²) in [5, 5.41) is 3.39. The molecule has 0 unspecified atom stereocenters. The number of benzene rings is 2. The molecule has 0 saturated heterocycles. The van der Waals surface area contributed by atoms with Crippen molar-refractivity contribution in [3.63, 3.8) is 0 Å². The number of hydrogen-bond donors (Lipinski definition) is 2. The van der Waals surface area contributed by atoms with Crippen molar-refractivity contribution in [3.8, 4) is 5.75 Å². The van der Waals surface area contributed by atoms with E-state index < -0.39 is 0 Å². The number of nitrogens with one attached hydrogen (secondary N) is 1. The van der Waals surface area contributed by atoms with Crippen LogP contribution in [0.15, 0.2) is 36.4 Å². The van der Waals surface area contributed by atoms with E-state index in [-0.39, 0.29) is 5.91 Å². The van der Waals surface area contributed by atoms with Gasteiger partial charge in [0.15, 0.2) is 0 Å². The molecule has 2 rings (SSSR count). The summed E-state index contributed by atoms with van der Waals surface area (Å²) in [4.78, 5) is 12.1. The fourth-order valence-corrected chi connectivity index (χ4v) is 2.37. The Hall–Kier alpha value is -1.47. The van der Waals surface area contributed by atoms with Gasteiger partial charge in [0, 0.05) is 26.9 Å². The van der Waals surface area contributed by atoms with Crippen molar-refractivity contribution in [1.82, 2.24) is 5.32 Å². The van der Waals surface area contributed by atoms with Crippen molar-refractivity contribution >= 4 is 45.8 Å². The maximum atomic E-state index is 12.1. The van der Waals surface area contributed by atoms with Crippen molar-refractivity contribution in [3.05, 3.63) is 56.1 Å². The number of anilines is 1. The third kappa shape index (κ3) is 4.01. The monoisotopic (exact) mass is 416 g/mol. The summed E-state index contributed by atoms with van der Waals surface area (Å²) in [6.07, 6.45) is 0. The van der Waals surface area contributed by atoms with E-state index in [0.29, 0.717) is 28.6 Å². The Morgan fingerprint density at radius 1 is 1.33 bits per heavy atom. The Kier molecular flexibility index (Phi) is 5.30. The maximum Gasteiger partial charge on any atom is 0.251 e. The van der Waals surface area contributed by atoms with E-state index in [2.05, 4.69) is 27.9 Å². The number of amides is 1. The quantitative estimate of drug-likeness (QED) is 0.593. The van der Waals surface area contributed by atoms with Crippen molar-refractivity contribution in [1.29, 1.82) is 0 Å². The average Bonchev–Trinajstić information content (AvgIpc) is 2.47. The molecule has 0 aromatic heterocycles. The minimum atomic E-state index is -0.197. The molecule has 0 spiro atoms. The summed E-state index contributed by atoms with van der Waals surface area (Å²) in [6.45, 7) is 0.330. The van der Waals surface area contributed by atoms with Crippen LogP contribution in [0.1, 0.15) is 15.9 Å². The first kappa shape index (κ1) is 15.9. The third-order valence-electron chi connectivity index (χ3n) is 2.93. The van der Waals surface area contributed by atoms with E-state index in [1.54, 1.807) is 43.5 Å². The van der Waals surface area contributed by atoms with Crippen LogP contribution < -0.4 is 15.8 Å². The highest BCUT2D eigenvalue weighted by molar-refractivity contribution is 14.1. The molecule has 0 heterocycles. The number of ether oxygens (including phenoxy) is 1. The molecule has 0 fully saturated rings. The van der Waals surface area contributed by atoms with Gasteiger partial charge in [-0.1, -0.05) is 11.6 Å². The van der Waals surface area contributed by atoms with Gasteiger partial charge in [-0.15, -0.1) is 0 Å². The first-order chi connectivity index (χ1) is 10.0. The van der Waals surface area contributed by atoms with Crippen LogP contribution in [0, 0.1) is 3.57 Å². The Bertz CT molecular complexity index is 677. The van der Waals surface area contributed by atoms with Gasteiger partial charge in [0.2, 0.25) is 0 Å². The Morgan fingerprint density at radius 2 is 2.10 bits per heavy atom. The second kappa shape index (κ2) is 7.00. The van der Waals surface area contributed by atoms with E-state index >= 15 is 0 Å². The molecule has 0 aliphatic rings. The zero-order chi connectivity index (χ0) is 15.4. The lowest BCUT2D eigenvalue weighted by molar-refractivity contribution is 0.0950. The largest absolute Gasteiger partial charge is 0.496 e. The van der Waals surface area contributed by atoms with E-state index in [1.807, 2.05) is 0 Å². The van der Waals surface area contributed by atoms with Gasteiger partial charge in [-0.25, -0.2) is 0 Å². The van der Waals surface area contributed by atoms with E-state index in [1.165, 1.54) is 0 Å². The number of carbonyl (C=O) groups is 1. The molecule has 4 nitrogen and oxygen atoms in total. The van der Waals surface area contributed by atoms with E-state index in [0.717, 1.165) is 9.13 Å². The standard InChI is InChI=1S/C15H14ClIN2O2/c1-21-14-5-3-11(18)6-10(14)8-19-15(20)9-2-4-13(17)12(16)7-9/h2-7H,8,18H2,1H3,(H,19,20). The number of carbonyl (C=O) groups excluding carboxylic acids is 1. The Balaban J connectivity index is 2.10. The minimum Gasteiger partial charge on any atom is -0.496 e. The molecule has 0 aliphatic carbocycles. The van der Waals surface area contributed by atoms with Crippen LogP contribution in [-0.4, -0.2) is 13.0 Å². The predicted molar refractivity (Wildman–Crippen MR) is 92.7 cm³/mol. The number of nitrogens with two attached hydrogens (primary N) is 1. The van der Waals surface area contributed by atoms with Crippen LogP contribution >= 0.6 is 34.2 Å². The third-order valence-corrected chi connectivity index (χ3v) is 4.50. The van der Waals surface area contributed by atoms with Gasteiger partial charge in [-0.05, 0) is 59.0 Å². The molecule has 3 N–H and O–H groups in total. The molecule has 1 amide bonds. The van der Waals surface area contributed by atoms with E-state index in [9.17, 15) is 4.79 Å². The summed E-state index contributed by atoms with van der Waals surface area (Å²) in [5.74, 6) is 0.489. The molecule has 2 aromatic rings. The number of nitrogen functional groups attached to an aromatic ring is 1. The van der Waals surface area contributed by atoms with Crippen LogP contribution in [0.25, 0.3) is 0 Å². The van der Waals surface area contributed by atoms with Crippen molar-refractivity contribution in [2.24, 2.45) is 0 Å². The summed E-state index contributed by atoms with van der Waals surface area (Å²) in [6, 6.07) is 10.5. The van der Waals surface area contributed by atoms with Gasteiger partial charge in [0.25, 0.3) is 5.91 Å². The second-order valence-electron chi connectivity index (χ2n) is 4.38. The molecule has 0 atom stereocenters. The second-order valence-corrected chi connectivity index (χ2v) is 5.95. The van der Waals surface area contributed by atoms with Crippen LogP contribution in [0.4, 0.5) is 5.69 Å². The summed E-state index contributed by atoms with van der Waals surface area (Å²) < 4.78 is 6.15. The molecule has 0 saturated carbocycles.